The Morgan fingerprint density at radius 2 is 1.82 bits per heavy atom. The normalized spacial score (nSPS) is 12.0. The highest BCUT2D eigenvalue weighted by molar-refractivity contribution is 5.77. The fourth-order valence-corrected chi connectivity index (χ4v) is 3.32. The molecule has 0 aliphatic heterocycles. The summed E-state index contributed by atoms with van der Waals surface area (Å²) in [4.78, 5) is 29.5. The standard InChI is InChI=1S/C20H21N5O3/c1-22-17-16(18(26)23(2)20(22)27)25-13-15(10-9-14-7-5-4-6-8-14)24(11-12-28-3)19(25)21-17/h4-10,13H,11-12H2,1-3H3. The minimum Gasteiger partial charge on any atom is -0.383 e. The Balaban J connectivity index is 1.97. The minimum absolute atomic E-state index is 0.368. The molecule has 8 heteroatoms. The van der Waals surface area contributed by atoms with Gasteiger partial charge in [0.25, 0.3) is 5.56 Å². The SMILES string of the molecule is COCCn1c(C=Cc2ccccc2)cn2c3c(=O)n(C)c(=O)n(C)c3nc12. The number of hydrogen-bond acceptors (Lipinski definition) is 4. The second-order valence-corrected chi connectivity index (χ2v) is 6.60. The van der Waals surface area contributed by atoms with Crippen molar-refractivity contribution in [3.63, 3.8) is 0 Å². The number of benzene rings is 1. The van der Waals surface area contributed by atoms with E-state index in [1.807, 2.05) is 53.2 Å². The molecule has 3 heterocycles. The van der Waals surface area contributed by atoms with Gasteiger partial charge in [-0.05, 0) is 11.6 Å². The molecule has 3 aromatic heterocycles. The molecule has 0 atom stereocenters. The fourth-order valence-electron chi connectivity index (χ4n) is 3.32. The van der Waals surface area contributed by atoms with Gasteiger partial charge in [-0.25, -0.2) is 4.79 Å². The molecule has 0 saturated carbocycles. The molecule has 0 aliphatic rings. The average molecular weight is 379 g/mol. The van der Waals surface area contributed by atoms with Crippen molar-refractivity contribution in [1.29, 1.82) is 0 Å². The molecule has 1 aromatic carbocycles. The molecule has 0 amide bonds. The topological polar surface area (TPSA) is 75.5 Å². The lowest BCUT2D eigenvalue weighted by molar-refractivity contribution is 0.188. The summed E-state index contributed by atoms with van der Waals surface area (Å²) in [6, 6.07) is 9.97. The molecule has 0 unspecified atom stereocenters. The maximum atomic E-state index is 12.7. The van der Waals surface area contributed by atoms with Gasteiger partial charge in [-0.3, -0.25) is 18.3 Å². The molecule has 0 saturated heterocycles. The Morgan fingerprint density at radius 3 is 2.54 bits per heavy atom. The van der Waals surface area contributed by atoms with Gasteiger partial charge in [-0.1, -0.05) is 36.4 Å². The van der Waals surface area contributed by atoms with Crippen LogP contribution in [0.3, 0.4) is 0 Å². The molecule has 0 radical (unpaired) electrons. The van der Waals surface area contributed by atoms with Gasteiger partial charge in [0, 0.05) is 33.9 Å². The number of aromatic nitrogens is 5. The van der Waals surface area contributed by atoms with Gasteiger partial charge < -0.3 is 9.30 Å². The van der Waals surface area contributed by atoms with Crippen molar-refractivity contribution < 1.29 is 4.74 Å². The van der Waals surface area contributed by atoms with Crippen molar-refractivity contribution >= 4 is 29.1 Å². The van der Waals surface area contributed by atoms with E-state index in [4.69, 9.17) is 4.74 Å². The van der Waals surface area contributed by atoms with Crippen molar-refractivity contribution in [2.45, 2.75) is 6.54 Å². The molecule has 4 aromatic rings. The summed E-state index contributed by atoms with van der Waals surface area (Å²) in [5.41, 5.74) is 1.95. The number of hydrogen-bond donors (Lipinski definition) is 0. The zero-order valence-corrected chi connectivity index (χ0v) is 16.0. The molecule has 0 bridgehead atoms. The van der Waals surface area contributed by atoms with E-state index in [0.29, 0.717) is 30.1 Å². The summed E-state index contributed by atoms with van der Waals surface area (Å²) in [6.07, 6.45) is 5.86. The Bertz CT molecular complexity index is 1310. The predicted molar refractivity (Wildman–Crippen MR) is 108 cm³/mol. The third kappa shape index (κ3) is 2.78. The second-order valence-electron chi connectivity index (χ2n) is 6.60. The number of aryl methyl sites for hydroxylation is 1. The molecular formula is C20H21N5O3. The summed E-state index contributed by atoms with van der Waals surface area (Å²) in [7, 11) is 4.73. The first-order chi connectivity index (χ1) is 13.5. The van der Waals surface area contributed by atoms with Crippen LogP contribution in [0.15, 0.2) is 46.1 Å². The largest absolute Gasteiger partial charge is 0.383 e. The van der Waals surface area contributed by atoms with Gasteiger partial charge in [-0.2, -0.15) is 4.98 Å². The highest BCUT2D eigenvalue weighted by Crippen LogP contribution is 2.18. The van der Waals surface area contributed by atoms with E-state index in [2.05, 4.69) is 4.98 Å². The summed E-state index contributed by atoms with van der Waals surface area (Å²) >= 11 is 0. The van der Waals surface area contributed by atoms with E-state index in [-0.39, 0.29) is 5.56 Å². The van der Waals surface area contributed by atoms with Crippen molar-refractivity contribution in [2.24, 2.45) is 14.1 Å². The zero-order valence-electron chi connectivity index (χ0n) is 16.0. The smallest absolute Gasteiger partial charge is 0.332 e. The van der Waals surface area contributed by atoms with Crippen LogP contribution >= 0.6 is 0 Å². The summed E-state index contributed by atoms with van der Waals surface area (Å²) in [5.74, 6) is 0.595. The molecule has 144 valence electrons. The van der Waals surface area contributed by atoms with Gasteiger partial charge in [0.15, 0.2) is 11.2 Å². The van der Waals surface area contributed by atoms with Gasteiger partial charge in [0.2, 0.25) is 5.78 Å². The third-order valence-corrected chi connectivity index (χ3v) is 4.85. The van der Waals surface area contributed by atoms with Crippen LogP contribution in [0.5, 0.6) is 0 Å². The molecule has 4 rings (SSSR count). The van der Waals surface area contributed by atoms with E-state index in [0.717, 1.165) is 15.8 Å². The van der Waals surface area contributed by atoms with Gasteiger partial charge in [-0.15, -0.1) is 0 Å². The van der Waals surface area contributed by atoms with E-state index in [1.165, 1.54) is 11.6 Å². The van der Waals surface area contributed by atoms with Crippen molar-refractivity contribution in [3.05, 3.63) is 68.6 Å². The Labute approximate surface area is 160 Å². The van der Waals surface area contributed by atoms with Crippen molar-refractivity contribution in [3.8, 4) is 0 Å². The number of imidazole rings is 2. The summed E-state index contributed by atoms with van der Waals surface area (Å²) in [5, 5.41) is 0. The van der Waals surface area contributed by atoms with Crippen LogP contribution in [0.4, 0.5) is 0 Å². The number of fused-ring (bicyclic) bond motifs is 3. The second kappa shape index (κ2) is 6.97. The minimum atomic E-state index is -0.397. The number of nitrogens with zero attached hydrogens (tertiary/aromatic N) is 5. The highest BCUT2D eigenvalue weighted by Gasteiger charge is 2.19. The first-order valence-corrected chi connectivity index (χ1v) is 8.92. The quantitative estimate of drug-likeness (QED) is 0.527. The lowest BCUT2D eigenvalue weighted by Gasteiger charge is -2.05. The first-order valence-electron chi connectivity index (χ1n) is 8.92. The lowest BCUT2D eigenvalue weighted by atomic mass is 10.2. The molecule has 0 N–H and O–H groups in total. The van der Waals surface area contributed by atoms with Crippen LogP contribution in [-0.2, 0) is 25.4 Å². The highest BCUT2D eigenvalue weighted by atomic mass is 16.5. The maximum absolute atomic E-state index is 12.7. The van der Waals surface area contributed by atoms with E-state index in [9.17, 15) is 9.59 Å². The van der Waals surface area contributed by atoms with Crippen molar-refractivity contribution in [1.82, 2.24) is 23.1 Å². The molecule has 0 spiro atoms. The molecule has 8 nitrogen and oxygen atoms in total. The fraction of sp³-hybridized carbons (Fsp3) is 0.250. The average Bonchev–Trinajstić information content (AvgIpc) is 3.24. The molecular weight excluding hydrogens is 358 g/mol. The molecule has 0 aliphatic carbocycles. The van der Waals surface area contributed by atoms with Crippen LogP contribution < -0.4 is 11.2 Å². The number of rotatable bonds is 5. The maximum Gasteiger partial charge on any atom is 0.332 e. The van der Waals surface area contributed by atoms with Gasteiger partial charge in [0.05, 0.1) is 12.3 Å². The van der Waals surface area contributed by atoms with Crippen LogP contribution in [-0.4, -0.2) is 36.8 Å². The van der Waals surface area contributed by atoms with E-state index < -0.39 is 5.69 Å². The predicted octanol–water partition coefficient (Wildman–Crippen LogP) is 1.50. The Morgan fingerprint density at radius 1 is 1.07 bits per heavy atom. The Hall–Kier alpha value is -3.39. The molecule has 0 fully saturated rings. The van der Waals surface area contributed by atoms with Crippen LogP contribution in [0.1, 0.15) is 11.3 Å². The zero-order chi connectivity index (χ0) is 19.8. The van der Waals surface area contributed by atoms with Crippen LogP contribution in [0.2, 0.25) is 0 Å². The number of ether oxygens (including phenoxy) is 1. The Kier molecular flexibility index (Phi) is 4.48. The summed E-state index contributed by atoms with van der Waals surface area (Å²) < 4.78 is 11.5. The number of methoxy groups -OCH3 is 1. The third-order valence-electron chi connectivity index (χ3n) is 4.85. The molecule has 28 heavy (non-hydrogen) atoms. The van der Waals surface area contributed by atoms with Crippen molar-refractivity contribution in [2.75, 3.05) is 13.7 Å². The van der Waals surface area contributed by atoms with Gasteiger partial charge >= 0.3 is 5.69 Å². The summed E-state index contributed by atoms with van der Waals surface area (Å²) in [6.45, 7) is 1.07. The van der Waals surface area contributed by atoms with E-state index in [1.54, 1.807) is 18.6 Å². The monoisotopic (exact) mass is 379 g/mol. The van der Waals surface area contributed by atoms with Gasteiger partial charge in [0.1, 0.15) is 0 Å². The lowest BCUT2D eigenvalue weighted by Crippen LogP contribution is -2.37. The van der Waals surface area contributed by atoms with Crippen LogP contribution in [0.25, 0.3) is 29.1 Å². The van der Waals surface area contributed by atoms with E-state index >= 15 is 0 Å². The van der Waals surface area contributed by atoms with Crippen LogP contribution in [0, 0.1) is 0 Å². The first kappa shape index (κ1) is 18.0.